The number of rotatable bonds is 1. The van der Waals surface area contributed by atoms with Crippen molar-refractivity contribution < 1.29 is 4.79 Å². The molecule has 0 aromatic heterocycles. The summed E-state index contributed by atoms with van der Waals surface area (Å²) in [6.07, 6.45) is 1.78. The van der Waals surface area contributed by atoms with Crippen molar-refractivity contribution in [1.82, 2.24) is 10.7 Å². The Hall–Kier alpha value is -1.55. The number of hydrazine groups is 1. The van der Waals surface area contributed by atoms with Gasteiger partial charge in [0.05, 0.1) is 0 Å². The largest absolute Gasteiger partial charge is 0.334 e. The highest BCUT2D eigenvalue weighted by molar-refractivity contribution is 5.73. The molecule has 1 aliphatic rings. The van der Waals surface area contributed by atoms with Crippen molar-refractivity contribution in [1.29, 1.82) is 0 Å². The normalized spacial score (nSPS) is 14.9. The summed E-state index contributed by atoms with van der Waals surface area (Å²) in [7, 11) is 0. The number of carbonyl (C=O) groups excluding carboxylic acids is 1. The van der Waals surface area contributed by atoms with Gasteiger partial charge in [-0.15, -0.1) is 0 Å². The molecule has 0 saturated heterocycles. The van der Waals surface area contributed by atoms with E-state index in [1.165, 1.54) is 11.1 Å². The van der Waals surface area contributed by atoms with Crippen LogP contribution in [0.15, 0.2) is 24.3 Å². The molecule has 0 bridgehead atoms. The van der Waals surface area contributed by atoms with Crippen LogP contribution >= 0.6 is 0 Å². The van der Waals surface area contributed by atoms with Crippen molar-refractivity contribution in [3.8, 4) is 0 Å². The third kappa shape index (κ3) is 1.70. The first-order valence-electron chi connectivity index (χ1n) is 4.63. The summed E-state index contributed by atoms with van der Waals surface area (Å²) in [6, 6.07) is 8.09. The monoisotopic (exact) mass is 191 g/mol. The van der Waals surface area contributed by atoms with Crippen LogP contribution in [0.1, 0.15) is 11.1 Å². The van der Waals surface area contributed by atoms with Crippen molar-refractivity contribution >= 4 is 6.03 Å². The summed E-state index contributed by atoms with van der Waals surface area (Å²) in [6.45, 7) is 0. The Kier molecular flexibility index (Phi) is 2.37. The summed E-state index contributed by atoms with van der Waals surface area (Å²) in [5.41, 5.74) is 4.70. The third-order valence-electron chi connectivity index (χ3n) is 2.52. The number of fused-ring (bicyclic) bond motifs is 1. The number of hydrogen-bond donors (Lipinski definition) is 3. The Labute approximate surface area is 82.5 Å². The van der Waals surface area contributed by atoms with E-state index in [0.29, 0.717) is 0 Å². The van der Waals surface area contributed by atoms with Gasteiger partial charge in [-0.25, -0.2) is 10.6 Å². The minimum absolute atomic E-state index is 0.177. The van der Waals surface area contributed by atoms with E-state index in [1.54, 1.807) is 0 Å². The van der Waals surface area contributed by atoms with E-state index in [1.807, 2.05) is 12.1 Å². The van der Waals surface area contributed by atoms with Crippen LogP contribution in [0.3, 0.4) is 0 Å². The fourth-order valence-corrected chi connectivity index (χ4v) is 1.89. The number of nitrogens with two attached hydrogens (primary N) is 1. The van der Waals surface area contributed by atoms with Crippen LogP contribution in [-0.2, 0) is 12.8 Å². The van der Waals surface area contributed by atoms with E-state index >= 15 is 0 Å². The predicted molar refractivity (Wildman–Crippen MR) is 53.5 cm³/mol. The number of nitrogens with one attached hydrogen (secondary N) is 2. The van der Waals surface area contributed by atoms with Crippen molar-refractivity contribution in [2.45, 2.75) is 18.9 Å². The van der Waals surface area contributed by atoms with Crippen LogP contribution < -0.4 is 16.6 Å². The Morgan fingerprint density at radius 1 is 1.29 bits per heavy atom. The van der Waals surface area contributed by atoms with E-state index in [4.69, 9.17) is 5.84 Å². The van der Waals surface area contributed by atoms with Gasteiger partial charge in [-0.1, -0.05) is 24.3 Å². The number of urea groups is 1. The number of hydrogen-bond acceptors (Lipinski definition) is 2. The molecule has 14 heavy (non-hydrogen) atoms. The van der Waals surface area contributed by atoms with Crippen LogP contribution in [0.25, 0.3) is 0 Å². The molecule has 4 heteroatoms. The van der Waals surface area contributed by atoms with Gasteiger partial charge in [0.25, 0.3) is 0 Å². The highest BCUT2D eigenvalue weighted by Gasteiger charge is 2.21. The van der Waals surface area contributed by atoms with Crippen molar-refractivity contribution in [3.63, 3.8) is 0 Å². The second-order valence-electron chi connectivity index (χ2n) is 3.49. The van der Waals surface area contributed by atoms with Crippen LogP contribution in [0.4, 0.5) is 4.79 Å². The van der Waals surface area contributed by atoms with Crippen LogP contribution in [0.5, 0.6) is 0 Å². The lowest BCUT2D eigenvalue weighted by molar-refractivity contribution is 0.237. The highest BCUT2D eigenvalue weighted by Crippen LogP contribution is 2.21. The molecular formula is C10H13N3O. The number of carbonyl (C=O) groups is 1. The van der Waals surface area contributed by atoms with Gasteiger partial charge < -0.3 is 5.32 Å². The molecule has 74 valence electrons. The molecule has 4 N–H and O–H groups in total. The average molecular weight is 191 g/mol. The first-order chi connectivity index (χ1) is 6.79. The summed E-state index contributed by atoms with van der Waals surface area (Å²) in [4.78, 5) is 11.0. The van der Waals surface area contributed by atoms with E-state index in [2.05, 4.69) is 22.9 Å². The van der Waals surface area contributed by atoms with E-state index in [9.17, 15) is 4.79 Å². The topological polar surface area (TPSA) is 67.1 Å². The molecule has 0 saturated carbocycles. The maximum absolute atomic E-state index is 11.0. The first kappa shape index (κ1) is 9.02. The zero-order valence-electron chi connectivity index (χ0n) is 7.79. The zero-order valence-corrected chi connectivity index (χ0v) is 7.79. The minimum Gasteiger partial charge on any atom is -0.334 e. The van der Waals surface area contributed by atoms with Gasteiger partial charge in [0.1, 0.15) is 0 Å². The van der Waals surface area contributed by atoms with Gasteiger partial charge in [0, 0.05) is 6.04 Å². The van der Waals surface area contributed by atoms with Crippen LogP contribution in [0.2, 0.25) is 0 Å². The molecule has 0 spiro atoms. The molecular weight excluding hydrogens is 178 g/mol. The second kappa shape index (κ2) is 3.67. The zero-order chi connectivity index (χ0) is 9.97. The van der Waals surface area contributed by atoms with Crippen molar-refractivity contribution in [2.75, 3.05) is 0 Å². The van der Waals surface area contributed by atoms with Gasteiger partial charge in [0.15, 0.2) is 0 Å². The third-order valence-corrected chi connectivity index (χ3v) is 2.52. The Morgan fingerprint density at radius 2 is 1.86 bits per heavy atom. The first-order valence-corrected chi connectivity index (χ1v) is 4.63. The highest BCUT2D eigenvalue weighted by atomic mass is 16.2. The fourth-order valence-electron chi connectivity index (χ4n) is 1.89. The Bertz CT molecular complexity index is 326. The summed E-state index contributed by atoms with van der Waals surface area (Å²) >= 11 is 0. The van der Waals surface area contributed by atoms with Gasteiger partial charge in [0.2, 0.25) is 0 Å². The van der Waals surface area contributed by atoms with Crippen molar-refractivity contribution in [2.24, 2.45) is 5.84 Å². The van der Waals surface area contributed by atoms with E-state index in [-0.39, 0.29) is 12.1 Å². The van der Waals surface area contributed by atoms with Gasteiger partial charge >= 0.3 is 6.03 Å². The fraction of sp³-hybridized carbons (Fsp3) is 0.300. The standard InChI is InChI=1S/C10H13N3O/c11-13-10(14)12-9-5-7-3-1-2-4-8(7)6-9/h1-4,9H,5-6,11H2,(H2,12,13,14). The molecule has 0 atom stereocenters. The van der Waals surface area contributed by atoms with Gasteiger partial charge in [-0.2, -0.15) is 0 Å². The molecule has 0 radical (unpaired) electrons. The quantitative estimate of drug-likeness (QED) is 0.340. The van der Waals surface area contributed by atoms with Crippen molar-refractivity contribution in [3.05, 3.63) is 35.4 Å². The van der Waals surface area contributed by atoms with Crippen LogP contribution in [-0.4, -0.2) is 12.1 Å². The lowest BCUT2D eigenvalue weighted by Crippen LogP contribution is -2.45. The maximum atomic E-state index is 11.0. The summed E-state index contributed by atoms with van der Waals surface area (Å²) in [5.74, 6) is 4.99. The number of amides is 2. The summed E-state index contributed by atoms with van der Waals surface area (Å²) < 4.78 is 0. The second-order valence-corrected chi connectivity index (χ2v) is 3.49. The molecule has 2 amide bonds. The minimum atomic E-state index is -0.317. The molecule has 0 heterocycles. The molecule has 0 aliphatic heterocycles. The van der Waals surface area contributed by atoms with Gasteiger partial charge in [-0.3, -0.25) is 5.43 Å². The van der Waals surface area contributed by atoms with E-state index < -0.39 is 0 Å². The van der Waals surface area contributed by atoms with E-state index in [0.717, 1.165) is 12.8 Å². The average Bonchev–Trinajstić information content (AvgIpc) is 2.59. The lowest BCUT2D eigenvalue weighted by atomic mass is 10.1. The molecule has 4 nitrogen and oxygen atoms in total. The van der Waals surface area contributed by atoms with Crippen LogP contribution in [0, 0.1) is 0 Å². The number of benzene rings is 1. The molecule has 0 unspecified atom stereocenters. The Balaban J connectivity index is 2.01. The maximum Gasteiger partial charge on any atom is 0.329 e. The molecule has 1 aromatic carbocycles. The molecule has 2 rings (SSSR count). The molecule has 0 fully saturated rings. The predicted octanol–water partition coefficient (Wildman–Crippen LogP) is 0.327. The summed E-state index contributed by atoms with van der Waals surface area (Å²) in [5, 5.41) is 2.80. The van der Waals surface area contributed by atoms with Gasteiger partial charge in [-0.05, 0) is 24.0 Å². The Morgan fingerprint density at radius 3 is 2.36 bits per heavy atom. The molecule has 1 aliphatic carbocycles. The SMILES string of the molecule is NNC(=O)NC1Cc2ccccc2C1. The smallest absolute Gasteiger partial charge is 0.329 e. The molecule has 1 aromatic rings. The lowest BCUT2D eigenvalue weighted by Gasteiger charge is -2.10.